The lowest BCUT2D eigenvalue weighted by Gasteiger charge is -2.13. The van der Waals surface area contributed by atoms with Gasteiger partial charge in [0.25, 0.3) is 0 Å². The maximum atomic E-state index is 4.54. The number of thiazole rings is 1. The Morgan fingerprint density at radius 3 is 2.38 bits per heavy atom. The minimum absolute atomic E-state index is 0.629. The smallest absolute Gasteiger partial charge is 0.185 e. The summed E-state index contributed by atoms with van der Waals surface area (Å²) in [6, 6.07) is 0.629. The van der Waals surface area contributed by atoms with E-state index in [0.717, 1.165) is 17.4 Å². The third-order valence-corrected chi connectivity index (χ3v) is 4.13. The number of hydrogen-bond acceptors (Lipinski definition) is 4. The Morgan fingerprint density at radius 2 is 1.94 bits per heavy atom. The highest BCUT2D eigenvalue weighted by atomic mass is 32.1. The summed E-state index contributed by atoms with van der Waals surface area (Å²) in [6.07, 6.45) is 2.38. The van der Waals surface area contributed by atoms with E-state index < -0.39 is 0 Å². The standard InChI is InChI=1S/C12H23N3S/c1-6-10(7-2)13-8-11-9(3)14-12(16-11)15(4)5/h10,13H,6-8H2,1-5H3. The molecular weight excluding hydrogens is 218 g/mol. The first-order chi connectivity index (χ1) is 7.58. The van der Waals surface area contributed by atoms with Gasteiger partial charge in [0.2, 0.25) is 0 Å². The number of anilines is 1. The number of rotatable bonds is 6. The molecule has 0 aliphatic rings. The highest BCUT2D eigenvalue weighted by Crippen LogP contribution is 2.24. The van der Waals surface area contributed by atoms with Crippen molar-refractivity contribution in [1.29, 1.82) is 0 Å². The molecule has 0 atom stereocenters. The summed E-state index contributed by atoms with van der Waals surface area (Å²) in [5.74, 6) is 0. The molecule has 0 aliphatic heterocycles. The molecule has 0 aliphatic carbocycles. The molecule has 0 bridgehead atoms. The zero-order valence-corrected chi connectivity index (χ0v) is 11.8. The van der Waals surface area contributed by atoms with E-state index in [-0.39, 0.29) is 0 Å². The molecule has 0 unspecified atom stereocenters. The summed E-state index contributed by atoms with van der Waals surface area (Å²) in [5, 5.41) is 4.68. The van der Waals surface area contributed by atoms with Gasteiger partial charge in [-0.15, -0.1) is 11.3 Å². The van der Waals surface area contributed by atoms with Crippen LogP contribution in [0.3, 0.4) is 0 Å². The molecule has 1 aromatic heterocycles. The number of nitrogens with one attached hydrogen (secondary N) is 1. The molecule has 0 saturated carbocycles. The molecule has 16 heavy (non-hydrogen) atoms. The van der Waals surface area contributed by atoms with Gasteiger partial charge in [0, 0.05) is 31.6 Å². The lowest BCUT2D eigenvalue weighted by molar-refractivity contribution is 0.485. The van der Waals surface area contributed by atoms with E-state index in [1.165, 1.54) is 17.7 Å². The molecule has 1 heterocycles. The highest BCUT2D eigenvalue weighted by molar-refractivity contribution is 7.15. The Hall–Kier alpha value is -0.610. The third-order valence-electron chi connectivity index (χ3n) is 2.80. The third kappa shape index (κ3) is 3.46. The van der Waals surface area contributed by atoms with Crippen LogP contribution in [0.2, 0.25) is 0 Å². The molecule has 1 N–H and O–H groups in total. The van der Waals surface area contributed by atoms with Gasteiger partial charge in [0.1, 0.15) is 0 Å². The molecule has 0 spiro atoms. The molecule has 0 saturated heterocycles. The fourth-order valence-electron chi connectivity index (χ4n) is 1.58. The fourth-order valence-corrected chi connectivity index (χ4v) is 2.52. The Bertz CT molecular complexity index is 316. The summed E-state index contributed by atoms with van der Waals surface area (Å²) in [4.78, 5) is 7.97. The molecule has 0 radical (unpaired) electrons. The lowest BCUT2D eigenvalue weighted by Crippen LogP contribution is -2.26. The van der Waals surface area contributed by atoms with Gasteiger partial charge in [-0.3, -0.25) is 0 Å². The van der Waals surface area contributed by atoms with Crippen molar-refractivity contribution in [1.82, 2.24) is 10.3 Å². The zero-order valence-electron chi connectivity index (χ0n) is 11.0. The quantitative estimate of drug-likeness (QED) is 0.830. The second-order valence-electron chi connectivity index (χ2n) is 4.29. The minimum Gasteiger partial charge on any atom is -0.354 e. The highest BCUT2D eigenvalue weighted by Gasteiger charge is 2.10. The van der Waals surface area contributed by atoms with Gasteiger partial charge in [-0.25, -0.2) is 4.98 Å². The molecule has 1 rings (SSSR count). The van der Waals surface area contributed by atoms with Crippen LogP contribution in [0.1, 0.15) is 37.3 Å². The van der Waals surface area contributed by atoms with Gasteiger partial charge in [-0.2, -0.15) is 0 Å². The number of aryl methyl sites for hydroxylation is 1. The topological polar surface area (TPSA) is 28.2 Å². The van der Waals surface area contributed by atoms with E-state index in [2.05, 4.69) is 36.0 Å². The van der Waals surface area contributed by atoms with Crippen LogP contribution in [0.4, 0.5) is 5.13 Å². The second-order valence-corrected chi connectivity index (χ2v) is 5.36. The van der Waals surface area contributed by atoms with Crippen LogP contribution < -0.4 is 10.2 Å². The maximum Gasteiger partial charge on any atom is 0.185 e. The van der Waals surface area contributed by atoms with Gasteiger partial charge in [0.15, 0.2) is 5.13 Å². The largest absolute Gasteiger partial charge is 0.354 e. The fraction of sp³-hybridized carbons (Fsp3) is 0.750. The molecule has 0 fully saturated rings. The normalized spacial score (nSPS) is 11.1. The van der Waals surface area contributed by atoms with Gasteiger partial charge < -0.3 is 10.2 Å². The van der Waals surface area contributed by atoms with E-state index in [1.54, 1.807) is 11.3 Å². The number of aromatic nitrogens is 1. The summed E-state index contributed by atoms with van der Waals surface area (Å²) in [6.45, 7) is 7.50. The molecule has 92 valence electrons. The van der Waals surface area contributed by atoms with Gasteiger partial charge >= 0.3 is 0 Å². The molecule has 3 nitrogen and oxygen atoms in total. The maximum absolute atomic E-state index is 4.54. The van der Waals surface area contributed by atoms with E-state index >= 15 is 0 Å². The van der Waals surface area contributed by atoms with Crippen molar-refractivity contribution in [2.24, 2.45) is 0 Å². The second kappa shape index (κ2) is 6.21. The van der Waals surface area contributed by atoms with Crippen LogP contribution in [0, 0.1) is 6.92 Å². The van der Waals surface area contributed by atoms with Crippen molar-refractivity contribution >= 4 is 16.5 Å². The van der Waals surface area contributed by atoms with Crippen LogP contribution >= 0.6 is 11.3 Å². The predicted octanol–water partition coefficient (Wildman–Crippen LogP) is 2.80. The Balaban J connectivity index is 2.60. The first-order valence-electron chi connectivity index (χ1n) is 5.95. The van der Waals surface area contributed by atoms with E-state index in [1.807, 2.05) is 14.1 Å². The van der Waals surface area contributed by atoms with Crippen molar-refractivity contribution in [2.45, 2.75) is 46.2 Å². The predicted molar refractivity (Wildman–Crippen MR) is 72.4 cm³/mol. The first-order valence-corrected chi connectivity index (χ1v) is 6.77. The Morgan fingerprint density at radius 1 is 1.31 bits per heavy atom. The van der Waals surface area contributed by atoms with Crippen molar-refractivity contribution in [3.63, 3.8) is 0 Å². The summed E-state index contributed by atoms with van der Waals surface area (Å²) in [7, 11) is 4.08. The first kappa shape index (κ1) is 13.5. The average molecular weight is 241 g/mol. The summed E-state index contributed by atoms with van der Waals surface area (Å²) in [5.41, 5.74) is 1.16. The van der Waals surface area contributed by atoms with Gasteiger partial charge in [-0.1, -0.05) is 13.8 Å². The van der Waals surface area contributed by atoms with Crippen molar-refractivity contribution in [2.75, 3.05) is 19.0 Å². The number of nitrogens with zero attached hydrogens (tertiary/aromatic N) is 2. The van der Waals surface area contributed by atoms with Crippen molar-refractivity contribution in [3.05, 3.63) is 10.6 Å². The van der Waals surface area contributed by atoms with Gasteiger partial charge in [0.05, 0.1) is 5.69 Å². The lowest BCUT2D eigenvalue weighted by atomic mass is 10.2. The van der Waals surface area contributed by atoms with Gasteiger partial charge in [-0.05, 0) is 19.8 Å². The zero-order chi connectivity index (χ0) is 12.1. The molecule has 0 aromatic carbocycles. The monoisotopic (exact) mass is 241 g/mol. The molecular formula is C12H23N3S. The van der Waals surface area contributed by atoms with E-state index in [4.69, 9.17) is 0 Å². The van der Waals surface area contributed by atoms with E-state index in [0.29, 0.717) is 6.04 Å². The SMILES string of the molecule is CCC(CC)NCc1sc(N(C)C)nc1C. The Labute approximate surface area is 103 Å². The van der Waals surface area contributed by atoms with Crippen molar-refractivity contribution in [3.8, 4) is 0 Å². The molecule has 4 heteroatoms. The minimum atomic E-state index is 0.629. The van der Waals surface area contributed by atoms with Crippen LogP contribution in [0.25, 0.3) is 0 Å². The molecule has 1 aromatic rings. The summed E-state index contributed by atoms with van der Waals surface area (Å²) < 4.78 is 0. The van der Waals surface area contributed by atoms with Crippen molar-refractivity contribution < 1.29 is 0 Å². The average Bonchev–Trinajstić information content (AvgIpc) is 2.62. The van der Waals surface area contributed by atoms with Crippen LogP contribution in [0.5, 0.6) is 0 Å². The molecule has 0 amide bonds. The van der Waals surface area contributed by atoms with Crippen LogP contribution in [-0.2, 0) is 6.54 Å². The number of hydrogen-bond donors (Lipinski definition) is 1. The Kier molecular flexibility index (Phi) is 5.22. The van der Waals surface area contributed by atoms with Crippen LogP contribution in [0.15, 0.2) is 0 Å². The van der Waals surface area contributed by atoms with Crippen LogP contribution in [-0.4, -0.2) is 25.1 Å². The summed E-state index contributed by atoms with van der Waals surface area (Å²) >= 11 is 1.78. The van der Waals surface area contributed by atoms with E-state index in [9.17, 15) is 0 Å².